The van der Waals surface area contributed by atoms with E-state index in [4.69, 9.17) is 10.00 Å². The monoisotopic (exact) mass is 316 g/mol. The van der Waals surface area contributed by atoms with E-state index < -0.39 is 0 Å². The lowest BCUT2D eigenvalue weighted by Gasteiger charge is -2.11. The normalized spacial score (nSPS) is 9.79. The van der Waals surface area contributed by atoms with E-state index >= 15 is 0 Å². The summed E-state index contributed by atoms with van der Waals surface area (Å²) >= 11 is 3.41. The Bertz CT molecular complexity index is 647. The SMILES string of the molecule is COc1cc(Nc2ccc(C)cc2C#N)ccc1Br. The fourth-order valence-electron chi connectivity index (χ4n) is 1.75. The van der Waals surface area contributed by atoms with Crippen LogP contribution in [0.4, 0.5) is 11.4 Å². The van der Waals surface area contributed by atoms with Crippen LogP contribution in [0.25, 0.3) is 0 Å². The Labute approximate surface area is 121 Å². The number of nitrogens with one attached hydrogen (secondary N) is 1. The number of nitriles is 1. The van der Waals surface area contributed by atoms with Gasteiger partial charge >= 0.3 is 0 Å². The zero-order valence-corrected chi connectivity index (χ0v) is 12.3. The smallest absolute Gasteiger partial charge is 0.135 e. The molecule has 19 heavy (non-hydrogen) atoms. The van der Waals surface area contributed by atoms with Gasteiger partial charge in [0.15, 0.2) is 0 Å². The molecule has 2 aromatic rings. The number of anilines is 2. The first-order valence-electron chi connectivity index (χ1n) is 5.75. The summed E-state index contributed by atoms with van der Waals surface area (Å²) in [5, 5.41) is 12.4. The van der Waals surface area contributed by atoms with Crippen molar-refractivity contribution in [3.63, 3.8) is 0 Å². The minimum atomic E-state index is 0.627. The fourth-order valence-corrected chi connectivity index (χ4v) is 2.16. The van der Waals surface area contributed by atoms with E-state index in [9.17, 15) is 0 Å². The molecule has 0 amide bonds. The maximum atomic E-state index is 9.14. The van der Waals surface area contributed by atoms with Gasteiger partial charge in [-0.05, 0) is 52.7 Å². The first-order valence-corrected chi connectivity index (χ1v) is 6.54. The van der Waals surface area contributed by atoms with Gasteiger partial charge in [0, 0.05) is 11.8 Å². The summed E-state index contributed by atoms with van der Waals surface area (Å²) in [4.78, 5) is 0. The number of ether oxygens (including phenoxy) is 1. The third-order valence-corrected chi connectivity index (χ3v) is 3.38. The molecule has 96 valence electrons. The van der Waals surface area contributed by atoms with Crippen molar-refractivity contribution in [1.82, 2.24) is 0 Å². The molecule has 0 fully saturated rings. The lowest BCUT2D eigenvalue weighted by atomic mass is 10.1. The van der Waals surface area contributed by atoms with Crippen molar-refractivity contribution in [3.05, 3.63) is 52.0 Å². The standard InChI is InChI=1S/C15H13BrN2O/c1-10-3-6-14(11(7-10)9-17)18-12-4-5-13(16)15(8-12)19-2/h3-8,18H,1-2H3. The summed E-state index contributed by atoms with van der Waals surface area (Å²) in [5.41, 5.74) is 3.36. The zero-order chi connectivity index (χ0) is 13.8. The Hall–Kier alpha value is -1.99. The molecule has 1 N–H and O–H groups in total. The molecule has 2 rings (SSSR count). The van der Waals surface area contributed by atoms with Crippen LogP contribution in [0.1, 0.15) is 11.1 Å². The van der Waals surface area contributed by atoms with E-state index in [0.29, 0.717) is 5.56 Å². The number of aryl methyl sites for hydroxylation is 1. The van der Waals surface area contributed by atoms with Crippen LogP contribution in [0.5, 0.6) is 5.75 Å². The molecule has 0 radical (unpaired) electrons. The summed E-state index contributed by atoms with van der Waals surface area (Å²) in [6.07, 6.45) is 0. The lowest BCUT2D eigenvalue weighted by molar-refractivity contribution is 0.412. The fraction of sp³-hybridized carbons (Fsp3) is 0.133. The molecular formula is C15H13BrN2O. The van der Waals surface area contributed by atoms with E-state index in [1.165, 1.54) is 0 Å². The number of benzene rings is 2. The van der Waals surface area contributed by atoms with Gasteiger partial charge in [0.25, 0.3) is 0 Å². The third-order valence-electron chi connectivity index (χ3n) is 2.73. The maximum absolute atomic E-state index is 9.14. The van der Waals surface area contributed by atoms with E-state index in [1.807, 2.05) is 43.3 Å². The Morgan fingerprint density at radius 2 is 2.00 bits per heavy atom. The molecule has 0 heterocycles. The molecule has 2 aromatic carbocycles. The molecular weight excluding hydrogens is 304 g/mol. The van der Waals surface area contributed by atoms with Crippen LogP contribution in [0.3, 0.4) is 0 Å². The molecule has 3 nitrogen and oxygen atoms in total. The van der Waals surface area contributed by atoms with Crippen LogP contribution in [0.15, 0.2) is 40.9 Å². The minimum Gasteiger partial charge on any atom is -0.495 e. The van der Waals surface area contributed by atoms with Gasteiger partial charge < -0.3 is 10.1 Å². The van der Waals surface area contributed by atoms with Gasteiger partial charge in [-0.15, -0.1) is 0 Å². The van der Waals surface area contributed by atoms with Gasteiger partial charge in [0.1, 0.15) is 11.8 Å². The molecule has 0 bridgehead atoms. The van der Waals surface area contributed by atoms with Crippen molar-refractivity contribution >= 4 is 27.3 Å². The highest BCUT2D eigenvalue weighted by molar-refractivity contribution is 9.10. The van der Waals surface area contributed by atoms with E-state index in [2.05, 4.69) is 27.3 Å². The van der Waals surface area contributed by atoms with Crippen molar-refractivity contribution in [2.75, 3.05) is 12.4 Å². The third kappa shape index (κ3) is 3.07. The molecule has 0 saturated heterocycles. The number of rotatable bonds is 3. The largest absolute Gasteiger partial charge is 0.495 e. The predicted octanol–water partition coefficient (Wildman–Crippen LogP) is 4.38. The first kappa shape index (κ1) is 13.4. The molecule has 0 aromatic heterocycles. The van der Waals surface area contributed by atoms with Gasteiger partial charge in [-0.2, -0.15) is 5.26 Å². The highest BCUT2D eigenvalue weighted by Crippen LogP contribution is 2.30. The van der Waals surface area contributed by atoms with Crippen molar-refractivity contribution < 1.29 is 4.74 Å². The number of halogens is 1. The van der Waals surface area contributed by atoms with Gasteiger partial charge in [-0.25, -0.2) is 0 Å². The summed E-state index contributed by atoms with van der Waals surface area (Å²) in [5.74, 6) is 0.746. The van der Waals surface area contributed by atoms with Gasteiger partial charge in [-0.3, -0.25) is 0 Å². The highest BCUT2D eigenvalue weighted by atomic mass is 79.9. The average molecular weight is 317 g/mol. The summed E-state index contributed by atoms with van der Waals surface area (Å²) < 4.78 is 6.14. The Morgan fingerprint density at radius 3 is 2.68 bits per heavy atom. The molecule has 0 saturated carbocycles. The number of hydrogen-bond donors (Lipinski definition) is 1. The summed E-state index contributed by atoms with van der Waals surface area (Å²) in [6, 6.07) is 13.6. The second-order valence-corrected chi connectivity index (χ2v) is 4.99. The van der Waals surface area contributed by atoms with Crippen LogP contribution < -0.4 is 10.1 Å². The van der Waals surface area contributed by atoms with E-state index in [0.717, 1.165) is 27.2 Å². The van der Waals surface area contributed by atoms with Crippen molar-refractivity contribution in [2.45, 2.75) is 6.92 Å². The molecule has 0 spiro atoms. The molecule has 0 unspecified atom stereocenters. The molecule has 4 heteroatoms. The van der Waals surface area contributed by atoms with Crippen molar-refractivity contribution in [2.24, 2.45) is 0 Å². The summed E-state index contributed by atoms with van der Waals surface area (Å²) in [6.45, 7) is 1.97. The van der Waals surface area contributed by atoms with Crippen LogP contribution in [0.2, 0.25) is 0 Å². The van der Waals surface area contributed by atoms with E-state index in [1.54, 1.807) is 7.11 Å². The molecule has 0 aliphatic carbocycles. The number of methoxy groups -OCH3 is 1. The van der Waals surface area contributed by atoms with Crippen LogP contribution in [0, 0.1) is 18.3 Å². The average Bonchev–Trinajstić information content (AvgIpc) is 2.42. The Balaban J connectivity index is 2.34. The first-order chi connectivity index (χ1) is 9.13. The Kier molecular flexibility index (Phi) is 4.08. The zero-order valence-electron chi connectivity index (χ0n) is 10.7. The summed E-state index contributed by atoms with van der Waals surface area (Å²) in [7, 11) is 1.62. The maximum Gasteiger partial charge on any atom is 0.135 e. The van der Waals surface area contributed by atoms with Gasteiger partial charge in [-0.1, -0.05) is 6.07 Å². The Morgan fingerprint density at radius 1 is 1.21 bits per heavy atom. The van der Waals surface area contributed by atoms with Gasteiger partial charge in [0.05, 0.1) is 22.8 Å². The second-order valence-electron chi connectivity index (χ2n) is 4.14. The topological polar surface area (TPSA) is 45.0 Å². The molecule has 0 aliphatic heterocycles. The predicted molar refractivity (Wildman–Crippen MR) is 79.9 cm³/mol. The van der Waals surface area contributed by atoms with Crippen LogP contribution >= 0.6 is 15.9 Å². The van der Waals surface area contributed by atoms with Crippen LogP contribution in [-0.4, -0.2) is 7.11 Å². The lowest BCUT2D eigenvalue weighted by Crippen LogP contribution is -1.95. The molecule has 0 aliphatic rings. The van der Waals surface area contributed by atoms with E-state index in [-0.39, 0.29) is 0 Å². The second kappa shape index (κ2) is 5.77. The number of nitrogens with zero attached hydrogens (tertiary/aromatic N) is 1. The minimum absolute atomic E-state index is 0.627. The molecule has 0 atom stereocenters. The highest BCUT2D eigenvalue weighted by Gasteiger charge is 2.05. The quantitative estimate of drug-likeness (QED) is 0.913. The van der Waals surface area contributed by atoms with Gasteiger partial charge in [0.2, 0.25) is 0 Å². The van der Waals surface area contributed by atoms with Crippen molar-refractivity contribution in [3.8, 4) is 11.8 Å². The van der Waals surface area contributed by atoms with Crippen molar-refractivity contribution in [1.29, 1.82) is 5.26 Å². The van der Waals surface area contributed by atoms with Crippen LogP contribution in [-0.2, 0) is 0 Å². The number of hydrogen-bond acceptors (Lipinski definition) is 3.